The van der Waals surface area contributed by atoms with E-state index in [0.29, 0.717) is 60.4 Å². The van der Waals surface area contributed by atoms with Gasteiger partial charge in [0.15, 0.2) is 0 Å². The number of ether oxygens (including phenoxy) is 2. The van der Waals surface area contributed by atoms with Gasteiger partial charge in [0.05, 0.1) is 30.6 Å². The first kappa shape index (κ1) is 21.2. The Morgan fingerprint density at radius 3 is 2.63 bits per heavy atom. The minimum atomic E-state index is -1.09. The van der Waals surface area contributed by atoms with Crippen LogP contribution in [0.5, 0.6) is 11.5 Å². The van der Waals surface area contributed by atoms with Crippen LogP contribution in [0.1, 0.15) is 20.7 Å². The van der Waals surface area contributed by atoms with Gasteiger partial charge < -0.3 is 28.8 Å². The summed E-state index contributed by atoms with van der Waals surface area (Å²) in [4.78, 5) is 33.4. The number of carboxylic acids is 1. The van der Waals surface area contributed by atoms with E-state index in [0.717, 1.165) is 11.4 Å². The van der Waals surface area contributed by atoms with Crippen molar-refractivity contribution in [3.8, 4) is 11.5 Å². The van der Waals surface area contributed by atoms with E-state index < -0.39 is 5.97 Å². The zero-order chi connectivity index (χ0) is 23.9. The second-order valence-corrected chi connectivity index (χ2v) is 8.42. The molecule has 9 heteroatoms. The number of nitrogens with zero attached hydrogens (tertiary/aromatic N) is 3. The van der Waals surface area contributed by atoms with Gasteiger partial charge in [0, 0.05) is 30.9 Å². The lowest BCUT2D eigenvalue weighted by Crippen LogP contribution is -2.55. The summed E-state index contributed by atoms with van der Waals surface area (Å²) in [6, 6.07) is 14.7. The quantitative estimate of drug-likeness (QED) is 0.462. The van der Waals surface area contributed by atoms with Crippen LogP contribution in [0.15, 0.2) is 71.6 Å². The summed E-state index contributed by atoms with van der Waals surface area (Å²) in [5, 5.41) is 9.81. The smallest absolute Gasteiger partial charge is 0.339 e. The molecule has 0 spiro atoms. The summed E-state index contributed by atoms with van der Waals surface area (Å²) >= 11 is 0. The summed E-state index contributed by atoms with van der Waals surface area (Å²) in [7, 11) is 0. The Hall–Kier alpha value is -4.37. The van der Waals surface area contributed by atoms with Gasteiger partial charge in [0.1, 0.15) is 34.5 Å². The lowest BCUT2D eigenvalue weighted by Gasteiger charge is -2.44. The Balaban J connectivity index is 1.32. The second-order valence-electron chi connectivity index (χ2n) is 8.42. The number of pyridine rings is 1. The summed E-state index contributed by atoms with van der Waals surface area (Å²) in [5.41, 5.74) is 2.62. The molecule has 2 aliphatic heterocycles. The van der Waals surface area contributed by atoms with Crippen molar-refractivity contribution in [2.24, 2.45) is 0 Å². The van der Waals surface area contributed by atoms with E-state index in [1.54, 1.807) is 35.4 Å². The van der Waals surface area contributed by atoms with E-state index in [-0.39, 0.29) is 11.5 Å². The molecular formula is C26H21N3O6. The van der Waals surface area contributed by atoms with Gasteiger partial charge in [-0.05, 0) is 36.4 Å². The van der Waals surface area contributed by atoms with Crippen molar-refractivity contribution in [3.63, 3.8) is 0 Å². The maximum Gasteiger partial charge on any atom is 0.339 e. The van der Waals surface area contributed by atoms with Crippen LogP contribution in [-0.4, -0.2) is 54.3 Å². The third-order valence-corrected chi connectivity index (χ3v) is 6.37. The van der Waals surface area contributed by atoms with Crippen molar-refractivity contribution in [1.29, 1.82) is 0 Å². The highest BCUT2D eigenvalue weighted by Crippen LogP contribution is 2.37. The van der Waals surface area contributed by atoms with E-state index in [9.17, 15) is 14.7 Å². The molecule has 176 valence electrons. The molecule has 0 aliphatic carbocycles. The van der Waals surface area contributed by atoms with Crippen molar-refractivity contribution in [1.82, 2.24) is 4.98 Å². The highest BCUT2D eigenvalue weighted by Gasteiger charge is 2.34. The van der Waals surface area contributed by atoms with Crippen LogP contribution in [0, 0.1) is 0 Å². The fourth-order valence-corrected chi connectivity index (χ4v) is 4.52. The monoisotopic (exact) mass is 471 g/mol. The summed E-state index contributed by atoms with van der Waals surface area (Å²) < 4.78 is 16.7. The number of aromatic nitrogens is 1. The molecule has 1 saturated heterocycles. The number of amides is 1. The van der Waals surface area contributed by atoms with Crippen molar-refractivity contribution in [3.05, 3.63) is 78.3 Å². The Morgan fingerprint density at radius 1 is 1.03 bits per heavy atom. The molecule has 0 saturated carbocycles. The zero-order valence-electron chi connectivity index (χ0n) is 18.6. The first-order valence-corrected chi connectivity index (χ1v) is 11.2. The van der Waals surface area contributed by atoms with Gasteiger partial charge in [0.25, 0.3) is 5.91 Å². The molecule has 0 radical (unpaired) electrons. The minimum absolute atomic E-state index is 0.0443. The van der Waals surface area contributed by atoms with Crippen LogP contribution >= 0.6 is 0 Å². The van der Waals surface area contributed by atoms with Gasteiger partial charge in [-0.2, -0.15) is 0 Å². The molecule has 0 atom stereocenters. The second kappa shape index (κ2) is 8.44. The molecule has 0 unspecified atom stereocenters. The van der Waals surface area contributed by atoms with Crippen LogP contribution in [0.3, 0.4) is 0 Å². The molecule has 1 amide bonds. The highest BCUT2D eigenvalue weighted by atomic mass is 16.5. The summed E-state index contributed by atoms with van der Waals surface area (Å²) in [6.45, 7) is 2.59. The Morgan fingerprint density at radius 2 is 1.86 bits per heavy atom. The number of hydrogen-bond acceptors (Lipinski definition) is 7. The van der Waals surface area contributed by atoms with Crippen LogP contribution in [0.25, 0.3) is 11.0 Å². The standard InChI is InChI=1S/C26H21N3O6/c30-25(29-10-9-28(16-13-33-14-16)21-3-1-2-4-22(21)29)19-12-27-8-7-24(19)35-17-5-6-23-18(11-17)20(15-34-23)26(31)32/h1-8,11-12,15-16H,9-10,13-14H2,(H,31,32). The molecule has 6 rings (SSSR count). The average Bonchev–Trinajstić information content (AvgIpc) is 3.27. The molecule has 1 fully saturated rings. The normalized spacial score (nSPS) is 15.5. The van der Waals surface area contributed by atoms with Crippen molar-refractivity contribution < 1.29 is 28.6 Å². The van der Waals surface area contributed by atoms with Crippen LogP contribution in [-0.2, 0) is 4.74 Å². The van der Waals surface area contributed by atoms with Gasteiger partial charge in [-0.1, -0.05) is 12.1 Å². The number of benzene rings is 2. The third-order valence-electron chi connectivity index (χ3n) is 6.37. The predicted molar refractivity (Wildman–Crippen MR) is 128 cm³/mol. The first-order valence-electron chi connectivity index (χ1n) is 11.2. The zero-order valence-corrected chi connectivity index (χ0v) is 18.6. The highest BCUT2D eigenvalue weighted by molar-refractivity contribution is 6.10. The van der Waals surface area contributed by atoms with E-state index >= 15 is 0 Å². The van der Waals surface area contributed by atoms with Crippen molar-refractivity contribution in [2.75, 3.05) is 36.1 Å². The van der Waals surface area contributed by atoms with Gasteiger partial charge in [-0.25, -0.2) is 4.79 Å². The number of furan rings is 1. The lowest BCUT2D eigenvalue weighted by atomic mass is 10.1. The van der Waals surface area contributed by atoms with Crippen molar-refractivity contribution >= 4 is 34.2 Å². The number of aromatic carboxylic acids is 1. The van der Waals surface area contributed by atoms with E-state index in [1.807, 2.05) is 24.3 Å². The Labute approximate surface area is 200 Å². The number of hydrogen-bond donors (Lipinski definition) is 1. The molecule has 1 N–H and O–H groups in total. The Kier molecular flexibility index (Phi) is 5.11. The fourth-order valence-electron chi connectivity index (χ4n) is 4.52. The largest absolute Gasteiger partial charge is 0.478 e. The molecule has 4 aromatic rings. The van der Waals surface area contributed by atoms with E-state index in [4.69, 9.17) is 13.9 Å². The summed E-state index contributed by atoms with van der Waals surface area (Å²) in [5.74, 6) is -0.596. The number of anilines is 2. The van der Waals surface area contributed by atoms with Gasteiger partial charge in [-0.3, -0.25) is 9.78 Å². The van der Waals surface area contributed by atoms with Gasteiger partial charge >= 0.3 is 5.97 Å². The minimum Gasteiger partial charge on any atom is -0.478 e. The molecule has 2 aromatic heterocycles. The maximum atomic E-state index is 13.7. The lowest BCUT2D eigenvalue weighted by molar-refractivity contribution is 0.00803. The first-order chi connectivity index (χ1) is 17.1. The third kappa shape index (κ3) is 3.66. The topological polar surface area (TPSA) is 105 Å². The molecule has 9 nitrogen and oxygen atoms in total. The number of carboxylic acid groups (broad SMARTS) is 1. The number of carbonyl (C=O) groups excluding carboxylic acids is 1. The molecular weight excluding hydrogens is 450 g/mol. The summed E-state index contributed by atoms with van der Waals surface area (Å²) in [6.07, 6.45) is 4.24. The molecule has 2 aliphatic rings. The van der Waals surface area contributed by atoms with Crippen LogP contribution < -0.4 is 14.5 Å². The molecule has 2 aromatic carbocycles. The SMILES string of the molecule is O=C(O)c1coc2ccc(Oc3ccncc3C(=O)N3CCN(C4COC4)c4ccccc43)cc12. The fraction of sp³-hybridized carbons (Fsp3) is 0.192. The van der Waals surface area contributed by atoms with Crippen LogP contribution in [0.4, 0.5) is 11.4 Å². The number of para-hydroxylation sites is 2. The number of fused-ring (bicyclic) bond motifs is 2. The molecule has 0 bridgehead atoms. The van der Waals surface area contributed by atoms with Crippen molar-refractivity contribution in [2.45, 2.75) is 6.04 Å². The number of carbonyl (C=O) groups is 2. The molecule has 4 heterocycles. The van der Waals surface area contributed by atoms with E-state index in [2.05, 4.69) is 9.88 Å². The maximum absolute atomic E-state index is 13.7. The number of rotatable bonds is 5. The van der Waals surface area contributed by atoms with Gasteiger partial charge in [0.2, 0.25) is 0 Å². The average molecular weight is 471 g/mol. The van der Waals surface area contributed by atoms with E-state index in [1.165, 1.54) is 12.5 Å². The van der Waals surface area contributed by atoms with Crippen LogP contribution in [0.2, 0.25) is 0 Å². The predicted octanol–water partition coefficient (Wildman–Crippen LogP) is 4.18. The molecule has 35 heavy (non-hydrogen) atoms. The van der Waals surface area contributed by atoms with Gasteiger partial charge in [-0.15, -0.1) is 0 Å². The Bertz CT molecular complexity index is 1440.